The molecule has 0 atom stereocenters. The molecule has 19 heavy (non-hydrogen) atoms. The summed E-state index contributed by atoms with van der Waals surface area (Å²) < 4.78 is 21.6. The number of hydrogen-bond donors (Lipinski definition) is 2. The van der Waals surface area contributed by atoms with Gasteiger partial charge in [0.2, 0.25) is 0 Å². The van der Waals surface area contributed by atoms with Crippen LogP contribution in [0.1, 0.15) is 90.9 Å². The van der Waals surface area contributed by atoms with Crippen LogP contribution in [0.25, 0.3) is 0 Å². The summed E-state index contributed by atoms with van der Waals surface area (Å²) in [6.45, 7) is 4.45. The molecule has 0 radical (unpaired) electrons. The topological polar surface area (TPSA) is 40.5 Å². The molecule has 0 aliphatic rings. The summed E-state index contributed by atoms with van der Waals surface area (Å²) in [4.78, 5) is 0. The molecular weight excluding hydrogens is 352 g/mol. The number of unbranched alkanes of at least 4 members (excludes halogenated alkanes) is 10. The van der Waals surface area contributed by atoms with Crippen molar-refractivity contribution in [2.45, 2.75) is 99.8 Å². The molecule has 0 rings (SSSR count). The van der Waals surface area contributed by atoms with Crippen molar-refractivity contribution in [1.29, 1.82) is 0 Å². The molecule has 0 saturated heterocycles. The minimum atomic E-state index is -3.37. The average molecular weight is 388 g/mol. The molecule has 0 spiro atoms. The van der Waals surface area contributed by atoms with Crippen LogP contribution in [-0.2, 0) is 0 Å². The quantitative estimate of drug-likeness (QED) is 0.320. The van der Waals surface area contributed by atoms with Gasteiger partial charge in [0.15, 0.2) is 0 Å². The predicted octanol–water partition coefficient (Wildman–Crippen LogP) is 5.13. The monoisotopic (exact) mass is 390 g/mol. The van der Waals surface area contributed by atoms with E-state index in [0.717, 1.165) is 21.8 Å². The van der Waals surface area contributed by atoms with Crippen molar-refractivity contribution in [2.24, 2.45) is 0 Å². The van der Waals surface area contributed by atoms with Crippen LogP contribution in [0.4, 0.5) is 0 Å². The molecule has 0 fully saturated rings. The summed E-state index contributed by atoms with van der Waals surface area (Å²) in [7, 11) is 0. The Kier molecular flexibility index (Phi) is 14.2. The average Bonchev–Trinajstić information content (AvgIpc) is 2.38. The molecule has 2 nitrogen and oxygen atoms in total. The Bertz CT molecular complexity index is 166. The van der Waals surface area contributed by atoms with Gasteiger partial charge in [-0.2, -0.15) is 0 Å². The Morgan fingerprint density at radius 1 is 0.526 bits per heavy atom. The molecule has 0 aliphatic heterocycles. The molecular formula is C16H36O2Te. The van der Waals surface area contributed by atoms with Gasteiger partial charge in [0, 0.05) is 0 Å². The third-order valence-corrected chi connectivity index (χ3v) is 9.03. The maximum absolute atomic E-state index is 10.1. The van der Waals surface area contributed by atoms with Crippen LogP contribution in [0.5, 0.6) is 0 Å². The van der Waals surface area contributed by atoms with Crippen LogP contribution in [-0.4, -0.2) is 25.9 Å². The van der Waals surface area contributed by atoms with E-state index in [0.29, 0.717) is 0 Å². The van der Waals surface area contributed by atoms with Crippen molar-refractivity contribution >= 4 is 19.0 Å². The van der Waals surface area contributed by atoms with E-state index in [4.69, 9.17) is 0 Å². The second-order valence-corrected chi connectivity index (χ2v) is 12.7. The van der Waals surface area contributed by atoms with Crippen LogP contribution in [0, 0.1) is 0 Å². The SMILES string of the molecule is CCCCCCCC[Te](O)(O)CCCCCCCC. The van der Waals surface area contributed by atoms with E-state index in [1.807, 2.05) is 0 Å². The van der Waals surface area contributed by atoms with E-state index in [-0.39, 0.29) is 0 Å². The zero-order valence-corrected chi connectivity index (χ0v) is 15.5. The molecule has 0 aliphatic carbocycles. The molecule has 0 saturated carbocycles. The van der Waals surface area contributed by atoms with E-state index in [2.05, 4.69) is 13.8 Å². The van der Waals surface area contributed by atoms with Crippen molar-refractivity contribution in [3.63, 3.8) is 0 Å². The molecule has 0 amide bonds. The molecule has 0 aromatic rings. The summed E-state index contributed by atoms with van der Waals surface area (Å²) in [6, 6.07) is 0. The molecule has 3 heteroatoms. The minimum absolute atomic E-state index is 0.740. The molecule has 0 bridgehead atoms. The molecule has 0 aromatic carbocycles. The Morgan fingerprint density at radius 3 is 1.21 bits per heavy atom. The van der Waals surface area contributed by atoms with E-state index >= 15 is 0 Å². The van der Waals surface area contributed by atoms with Crippen LogP contribution in [0.2, 0.25) is 8.94 Å². The van der Waals surface area contributed by atoms with Crippen molar-refractivity contribution in [2.75, 3.05) is 0 Å². The first-order valence-electron chi connectivity index (χ1n) is 8.36. The van der Waals surface area contributed by atoms with E-state index < -0.39 is 19.0 Å². The zero-order chi connectivity index (χ0) is 14.4. The Balaban J connectivity index is 3.36. The zero-order valence-electron chi connectivity index (χ0n) is 13.2. The van der Waals surface area contributed by atoms with Crippen LogP contribution >= 0.6 is 0 Å². The first kappa shape index (κ1) is 19.7. The molecule has 118 valence electrons. The van der Waals surface area contributed by atoms with Crippen molar-refractivity contribution in [3.05, 3.63) is 0 Å². The first-order chi connectivity index (χ1) is 9.12. The Labute approximate surface area is 125 Å². The van der Waals surface area contributed by atoms with Gasteiger partial charge in [-0.25, -0.2) is 0 Å². The third kappa shape index (κ3) is 14.9. The van der Waals surface area contributed by atoms with Gasteiger partial charge in [-0.1, -0.05) is 0 Å². The summed E-state index contributed by atoms with van der Waals surface area (Å²) in [5, 5.41) is 0. The van der Waals surface area contributed by atoms with Gasteiger partial charge in [0.1, 0.15) is 0 Å². The van der Waals surface area contributed by atoms with Crippen LogP contribution < -0.4 is 0 Å². The fourth-order valence-electron chi connectivity index (χ4n) is 2.33. The second kappa shape index (κ2) is 13.7. The fraction of sp³-hybridized carbons (Fsp3) is 1.00. The molecule has 2 N–H and O–H groups in total. The summed E-state index contributed by atoms with van der Waals surface area (Å²) in [5.41, 5.74) is 0. The normalized spacial score (nSPS) is 12.8. The molecule has 0 heterocycles. The van der Waals surface area contributed by atoms with E-state index in [1.54, 1.807) is 0 Å². The Hall–Kier alpha value is 0.710. The summed E-state index contributed by atoms with van der Waals surface area (Å²) in [6.07, 6.45) is 14.8. The van der Waals surface area contributed by atoms with Gasteiger partial charge in [0.25, 0.3) is 0 Å². The van der Waals surface area contributed by atoms with Crippen LogP contribution in [0.3, 0.4) is 0 Å². The van der Waals surface area contributed by atoms with Crippen molar-refractivity contribution in [3.8, 4) is 0 Å². The standard InChI is InChI=1S/C16H36O2Te/c1-3-5-7-9-11-13-15-19(17,18)16-14-12-10-8-6-4-2/h17-18H,3-16H2,1-2H3. The van der Waals surface area contributed by atoms with Gasteiger partial charge < -0.3 is 0 Å². The summed E-state index contributed by atoms with van der Waals surface area (Å²) in [5.74, 6) is 0. The summed E-state index contributed by atoms with van der Waals surface area (Å²) >= 11 is -3.37. The van der Waals surface area contributed by atoms with Crippen molar-refractivity contribution < 1.29 is 6.94 Å². The third-order valence-electron chi connectivity index (χ3n) is 3.65. The Morgan fingerprint density at radius 2 is 0.842 bits per heavy atom. The number of rotatable bonds is 14. The molecule has 0 aromatic heterocycles. The van der Waals surface area contributed by atoms with Gasteiger partial charge in [0.05, 0.1) is 0 Å². The van der Waals surface area contributed by atoms with Gasteiger partial charge in [-0.15, -0.1) is 0 Å². The van der Waals surface area contributed by atoms with Gasteiger partial charge in [-0.3, -0.25) is 0 Å². The molecule has 0 unspecified atom stereocenters. The number of hydrogen-bond acceptors (Lipinski definition) is 2. The van der Waals surface area contributed by atoms with E-state index in [1.165, 1.54) is 64.2 Å². The van der Waals surface area contributed by atoms with Crippen LogP contribution in [0.15, 0.2) is 0 Å². The fourth-order valence-corrected chi connectivity index (χ4v) is 6.72. The predicted molar refractivity (Wildman–Crippen MR) is 86.6 cm³/mol. The van der Waals surface area contributed by atoms with Gasteiger partial charge >= 0.3 is 126 Å². The second-order valence-electron chi connectivity index (χ2n) is 5.75. The van der Waals surface area contributed by atoms with Crippen molar-refractivity contribution in [1.82, 2.24) is 0 Å². The maximum atomic E-state index is 10.1. The van der Waals surface area contributed by atoms with Gasteiger partial charge in [-0.05, 0) is 0 Å². The van der Waals surface area contributed by atoms with E-state index in [9.17, 15) is 6.94 Å². The first-order valence-corrected chi connectivity index (χ1v) is 13.7.